The summed E-state index contributed by atoms with van der Waals surface area (Å²) in [6.07, 6.45) is 1.26. The van der Waals surface area contributed by atoms with Gasteiger partial charge in [0, 0.05) is 6.54 Å². The molecule has 1 heterocycles. The standard InChI is InChI=1S/C18H21NO.H3N/c1-19-12-11-17(13-19)16-7-9-18(10-8-16)20-14-15-5-3-2-4-6-15;/h2-10,17H,11-14H2,1H3;1H3. The van der Waals surface area contributed by atoms with E-state index in [1.54, 1.807) is 0 Å². The Kier molecular flexibility index (Phi) is 5.37. The van der Waals surface area contributed by atoms with Crippen molar-refractivity contribution in [2.75, 3.05) is 20.1 Å². The fourth-order valence-electron chi connectivity index (χ4n) is 2.78. The van der Waals surface area contributed by atoms with Crippen molar-refractivity contribution in [2.45, 2.75) is 18.9 Å². The maximum Gasteiger partial charge on any atom is 0.119 e. The van der Waals surface area contributed by atoms with Crippen LogP contribution in [0.5, 0.6) is 5.75 Å². The molecule has 2 aromatic carbocycles. The molecule has 0 spiro atoms. The summed E-state index contributed by atoms with van der Waals surface area (Å²) in [6, 6.07) is 18.9. The molecule has 1 saturated heterocycles. The van der Waals surface area contributed by atoms with Crippen LogP contribution in [0.25, 0.3) is 0 Å². The number of likely N-dealkylation sites (N-methyl/N-ethyl adjacent to an activating group) is 1. The molecule has 3 nitrogen and oxygen atoms in total. The number of rotatable bonds is 4. The number of likely N-dealkylation sites (tertiary alicyclic amines) is 1. The highest BCUT2D eigenvalue weighted by molar-refractivity contribution is 5.30. The zero-order valence-corrected chi connectivity index (χ0v) is 12.7. The maximum atomic E-state index is 5.82. The summed E-state index contributed by atoms with van der Waals surface area (Å²) < 4.78 is 5.82. The van der Waals surface area contributed by atoms with Crippen molar-refractivity contribution in [3.05, 3.63) is 65.7 Å². The molecule has 1 fully saturated rings. The maximum absolute atomic E-state index is 5.82. The van der Waals surface area contributed by atoms with Crippen LogP contribution in [0.2, 0.25) is 0 Å². The Morgan fingerprint density at radius 2 is 1.76 bits per heavy atom. The van der Waals surface area contributed by atoms with Crippen molar-refractivity contribution in [3.63, 3.8) is 0 Å². The van der Waals surface area contributed by atoms with Gasteiger partial charge in [0.1, 0.15) is 12.4 Å². The van der Waals surface area contributed by atoms with Crippen molar-refractivity contribution in [2.24, 2.45) is 0 Å². The molecule has 3 rings (SSSR count). The van der Waals surface area contributed by atoms with E-state index in [0.29, 0.717) is 12.5 Å². The first-order valence-electron chi connectivity index (χ1n) is 7.26. The zero-order valence-electron chi connectivity index (χ0n) is 12.7. The van der Waals surface area contributed by atoms with E-state index in [-0.39, 0.29) is 6.15 Å². The van der Waals surface area contributed by atoms with Gasteiger partial charge in [-0.15, -0.1) is 0 Å². The van der Waals surface area contributed by atoms with Crippen LogP contribution < -0.4 is 10.9 Å². The van der Waals surface area contributed by atoms with Crippen LogP contribution >= 0.6 is 0 Å². The average Bonchev–Trinajstić information content (AvgIpc) is 2.93. The van der Waals surface area contributed by atoms with Gasteiger partial charge in [-0.05, 0) is 49.2 Å². The molecule has 1 aliphatic heterocycles. The summed E-state index contributed by atoms with van der Waals surface area (Å²) in [6.45, 7) is 3.01. The van der Waals surface area contributed by atoms with Gasteiger partial charge in [-0.25, -0.2) is 0 Å². The molecule has 1 aliphatic rings. The molecule has 2 aromatic rings. The Morgan fingerprint density at radius 3 is 2.38 bits per heavy atom. The van der Waals surface area contributed by atoms with Crippen LogP contribution in [0.1, 0.15) is 23.5 Å². The van der Waals surface area contributed by atoms with Gasteiger partial charge in [-0.1, -0.05) is 42.5 Å². The van der Waals surface area contributed by atoms with Crippen molar-refractivity contribution < 1.29 is 4.74 Å². The second kappa shape index (κ2) is 7.25. The lowest BCUT2D eigenvalue weighted by Gasteiger charge is -2.12. The van der Waals surface area contributed by atoms with Crippen LogP contribution in [0.4, 0.5) is 0 Å². The smallest absolute Gasteiger partial charge is 0.119 e. The molecule has 0 saturated carbocycles. The molecule has 21 heavy (non-hydrogen) atoms. The third-order valence-corrected chi connectivity index (χ3v) is 3.99. The summed E-state index contributed by atoms with van der Waals surface area (Å²) in [5.74, 6) is 1.63. The van der Waals surface area contributed by atoms with Crippen LogP contribution in [-0.4, -0.2) is 25.0 Å². The van der Waals surface area contributed by atoms with E-state index in [2.05, 4.69) is 48.3 Å². The Hall–Kier alpha value is -1.84. The van der Waals surface area contributed by atoms with Gasteiger partial charge >= 0.3 is 0 Å². The van der Waals surface area contributed by atoms with Crippen LogP contribution in [-0.2, 0) is 6.61 Å². The van der Waals surface area contributed by atoms with E-state index < -0.39 is 0 Å². The van der Waals surface area contributed by atoms with Crippen molar-refractivity contribution in [1.82, 2.24) is 11.1 Å². The number of benzene rings is 2. The Labute approximate surface area is 127 Å². The van der Waals surface area contributed by atoms with E-state index in [9.17, 15) is 0 Å². The second-order valence-corrected chi connectivity index (χ2v) is 5.59. The minimum Gasteiger partial charge on any atom is -0.489 e. The first-order chi connectivity index (χ1) is 9.81. The largest absolute Gasteiger partial charge is 0.489 e. The average molecular weight is 284 g/mol. The van der Waals surface area contributed by atoms with Gasteiger partial charge in [0.05, 0.1) is 0 Å². The summed E-state index contributed by atoms with van der Waals surface area (Å²) in [7, 11) is 2.19. The lowest BCUT2D eigenvalue weighted by atomic mass is 9.98. The Balaban J connectivity index is 0.00000161. The van der Waals surface area contributed by atoms with Gasteiger partial charge in [-0.2, -0.15) is 0 Å². The van der Waals surface area contributed by atoms with Gasteiger partial charge in [0.25, 0.3) is 0 Å². The van der Waals surface area contributed by atoms with E-state index >= 15 is 0 Å². The highest BCUT2D eigenvalue weighted by Crippen LogP contribution is 2.27. The monoisotopic (exact) mass is 284 g/mol. The summed E-state index contributed by atoms with van der Waals surface area (Å²) in [5, 5.41) is 0. The van der Waals surface area contributed by atoms with E-state index in [1.165, 1.54) is 30.6 Å². The quantitative estimate of drug-likeness (QED) is 0.927. The van der Waals surface area contributed by atoms with Crippen molar-refractivity contribution in [3.8, 4) is 5.75 Å². The van der Waals surface area contributed by atoms with E-state index in [1.807, 2.05) is 18.2 Å². The number of hydrogen-bond donors (Lipinski definition) is 1. The minimum absolute atomic E-state index is 0. The number of nitrogens with zero attached hydrogens (tertiary/aromatic N) is 1. The van der Waals surface area contributed by atoms with Gasteiger partial charge in [-0.3, -0.25) is 0 Å². The number of ether oxygens (including phenoxy) is 1. The summed E-state index contributed by atoms with van der Waals surface area (Å²) >= 11 is 0. The lowest BCUT2D eigenvalue weighted by molar-refractivity contribution is 0.306. The predicted octanol–water partition coefficient (Wildman–Crippen LogP) is 3.85. The molecular weight excluding hydrogens is 260 g/mol. The first kappa shape index (κ1) is 15.5. The molecule has 0 bridgehead atoms. The lowest BCUT2D eigenvalue weighted by Crippen LogP contribution is -2.13. The minimum atomic E-state index is 0. The van der Waals surface area contributed by atoms with Gasteiger partial charge in [0.15, 0.2) is 0 Å². The molecule has 1 atom stereocenters. The highest BCUT2D eigenvalue weighted by Gasteiger charge is 2.20. The summed E-state index contributed by atoms with van der Waals surface area (Å²) in [5.41, 5.74) is 2.63. The fourth-order valence-corrected chi connectivity index (χ4v) is 2.78. The Bertz CT molecular complexity index is 539. The molecule has 0 amide bonds. The topological polar surface area (TPSA) is 47.5 Å². The fraction of sp³-hybridized carbons (Fsp3) is 0.333. The third-order valence-electron chi connectivity index (χ3n) is 3.99. The van der Waals surface area contributed by atoms with E-state index in [0.717, 1.165) is 5.75 Å². The van der Waals surface area contributed by atoms with Crippen molar-refractivity contribution >= 4 is 0 Å². The van der Waals surface area contributed by atoms with E-state index in [4.69, 9.17) is 4.74 Å². The van der Waals surface area contributed by atoms with Crippen LogP contribution in [0.15, 0.2) is 54.6 Å². The second-order valence-electron chi connectivity index (χ2n) is 5.59. The van der Waals surface area contributed by atoms with Gasteiger partial charge in [0.2, 0.25) is 0 Å². The molecule has 1 unspecified atom stereocenters. The molecular formula is C18H24N2O. The third kappa shape index (κ3) is 4.06. The SMILES string of the molecule is CN1CCC(c2ccc(OCc3ccccc3)cc2)C1.N. The normalized spacial score (nSPS) is 18.2. The van der Waals surface area contributed by atoms with Crippen LogP contribution in [0.3, 0.4) is 0 Å². The van der Waals surface area contributed by atoms with Crippen LogP contribution in [0, 0.1) is 0 Å². The number of hydrogen-bond acceptors (Lipinski definition) is 3. The summed E-state index contributed by atoms with van der Waals surface area (Å²) in [4.78, 5) is 2.39. The molecule has 0 aliphatic carbocycles. The van der Waals surface area contributed by atoms with Crippen molar-refractivity contribution in [1.29, 1.82) is 0 Å². The predicted molar refractivity (Wildman–Crippen MR) is 87.1 cm³/mol. The molecule has 0 radical (unpaired) electrons. The first-order valence-corrected chi connectivity index (χ1v) is 7.26. The molecule has 0 aromatic heterocycles. The highest BCUT2D eigenvalue weighted by atomic mass is 16.5. The molecule has 112 valence electrons. The Morgan fingerprint density at radius 1 is 1.05 bits per heavy atom. The molecule has 3 heteroatoms. The zero-order chi connectivity index (χ0) is 13.8. The molecule has 3 N–H and O–H groups in total. The van der Waals surface area contributed by atoms with Gasteiger partial charge < -0.3 is 15.8 Å².